The van der Waals surface area contributed by atoms with Gasteiger partial charge >= 0.3 is 0 Å². The number of nitrogens with one attached hydrogen (secondary N) is 1. The Morgan fingerprint density at radius 3 is 2.61 bits per heavy atom. The number of hydrogen-bond donors (Lipinski definition) is 1. The number of benzene rings is 2. The van der Waals surface area contributed by atoms with Gasteiger partial charge in [0.15, 0.2) is 11.5 Å². The van der Waals surface area contributed by atoms with E-state index in [-0.39, 0.29) is 5.91 Å². The molecule has 2 saturated carbocycles. The maximum atomic E-state index is 12.4. The van der Waals surface area contributed by atoms with Crippen LogP contribution in [-0.2, 0) is 17.9 Å². The molecule has 0 unspecified atom stereocenters. The van der Waals surface area contributed by atoms with E-state index in [9.17, 15) is 4.79 Å². The number of ether oxygens (including phenoxy) is 2. The molecule has 2 aliphatic rings. The minimum atomic E-state index is 0.168. The molecule has 0 aliphatic heterocycles. The van der Waals surface area contributed by atoms with E-state index in [0.29, 0.717) is 37.0 Å². The third-order valence-electron chi connectivity index (χ3n) is 6.29. The summed E-state index contributed by atoms with van der Waals surface area (Å²) in [6, 6.07) is 15.9. The predicted molar refractivity (Wildman–Crippen MR) is 109 cm³/mol. The lowest BCUT2D eigenvalue weighted by Gasteiger charge is -2.21. The summed E-state index contributed by atoms with van der Waals surface area (Å²) >= 11 is 0. The Morgan fingerprint density at radius 2 is 1.89 bits per heavy atom. The molecule has 0 radical (unpaired) electrons. The monoisotopic (exact) mass is 379 g/mol. The van der Waals surface area contributed by atoms with Gasteiger partial charge in [-0.25, -0.2) is 0 Å². The van der Waals surface area contributed by atoms with Gasteiger partial charge in [0.05, 0.1) is 7.11 Å². The largest absolute Gasteiger partial charge is 0.493 e. The molecule has 1 N–H and O–H groups in total. The number of hydrogen-bond acceptors (Lipinski definition) is 3. The van der Waals surface area contributed by atoms with Crippen molar-refractivity contribution in [1.29, 1.82) is 0 Å². The summed E-state index contributed by atoms with van der Waals surface area (Å²) in [7, 11) is 1.64. The van der Waals surface area contributed by atoms with E-state index < -0.39 is 0 Å². The molecule has 0 spiro atoms. The average Bonchev–Trinajstić information content (AvgIpc) is 3.35. The number of amides is 1. The zero-order valence-corrected chi connectivity index (χ0v) is 16.5. The van der Waals surface area contributed by atoms with Gasteiger partial charge in [0.1, 0.15) is 6.61 Å². The normalized spacial score (nSPS) is 22.8. The van der Waals surface area contributed by atoms with Crippen molar-refractivity contribution in [1.82, 2.24) is 5.32 Å². The maximum Gasteiger partial charge on any atom is 0.220 e. The van der Waals surface area contributed by atoms with Gasteiger partial charge in [0.25, 0.3) is 0 Å². The van der Waals surface area contributed by atoms with E-state index in [4.69, 9.17) is 9.47 Å². The Bertz CT molecular complexity index is 805. The lowest BCUT2D eigenvalue weighted by atomic mass is 9.86. The molecule has 2 aliphatic carbocycles. The maximum absolute atomic E-state index is 12.4. The average molecular weight is 380 g/mol. The highest BCUT2D eigenvalue weighted by atomic mass is 16.5. The summed E-state index contributed by atoms with van der Waals surface area (Å²) in [4.78, 5) is 12.4. The third-order valence-corrected chi connectivity index (χ3v) is 6.29. The lowest BCUT2D eigenvalue weighted by Crippen LogP contribution is -2.26. The molecule has 4 nitrogen and oxygen atoms in total. The first-order valence-corrected chi connectivity index (χ1v) is 10.3. The predicted octanol–water partition coefficient (Wildman–Crippen LogP) is 4.72. The molecule has 0 heterocycles. The number of carbonyl (C=O) groups is 1. The van der Waals surface area contributed by atoms with Crippen molar-refractivity contribution in [3.05, 3.63) is 59.7 Å². The first-order valence-electron chi connectivity index (χ1n) is 10.3. The smallest absolute Gasteiger partial charge is 0.220 e. The van der Waals surface area contributed by atoms with Gasteiger partial charge in [0, 0.05) is 13.0 Å². The minimum Gasteiger partial charge on any atom is -0.493 e. The van der Waals surface area contributed by atoms with Crippen LogP contribution in [0.5, 0.6) is 11.5 Å². The molecule has 4 heteroatoms. The van der Waals surface area contributed by atoms with Gasteiger partial charge in [-0.05, 0) is 60.3 Å². The topological polar surface area (TPSA) is 47.6 Å². The molecule has 2 aromatic carbocycles. The fourth-order valence-electron chi connectivity index (χ4n) is 4.81. The number of rotatable bonds is 8. The fraction of sp³-hybridized carbons (Fsp3) is 0.458. The van der Waals surface area contributed by atoms with Crippen LogP contribution < -0.4 is 14.8 Å². The van der Waals surface area contributed by atoms with Crippen molar-refractivity contribution in [2.75, 3.05) is 7.11 Å². The molecule has 2 fully saturated rings. The lowest BCUT2D eigenvalue weighted by molar-refractivity contribution is -0.122. The van der Waals surface area contributed by atoms with Gasteiger partial charge in [-0.1, -0.05) is 42.8 Å². The minimum absolute atomic E-state index is 0.168. The van der Waals surface area contributed by atoms with Crippen LogP contribution in [0.3, 0.4) is 0 Å². The highest BCUT2D eigenvalue weighted by molar-refractivity contribution is 5.76. The molecule has 0 aromatic heterocycles. The van der Waals surface area contributed by atoms with Crippen LogP contribution in [0.1, 0.15) is 43.2 Å². The standard InChI is InChI=1S/C24H29NO3/c1-27-23-13-19(8-10-22(23)28-16-17-5-3-2-4-6-17)15-25-24(26)14-21-12-18-7-9-20(21)11-18/h2-6,8,10,13,18,20-21H,7,9,11-12,14-16H2,1H3,(H,25,26)/t18-,20-,21+/m1/s1. The van der Waals surface area contributed by atoms with E-state index in [1.807, 2.05) is 48.5 Å². The van der Waals surface area contributed by atoms with Crippen molar-refractivity contribution in [3.8, 4) is 11.5 Å². The molecule has 3 atom stereocenters. The molecule has 1 amide bonds. The van der Waals surface area contributed by atoms with E-state index >= 15 is 0 Å². The Balaban J connectivity index is 1.29. The van der Waals surface area contributed by atoms with Gasteiger partial charge in [-0.2, -0.15) is 0 Å². The van der Waals surface area contributed by atoms with Crippen LogP contribution >= 0.6 is 0 Å². The number of fused-ring (bicyclic) bond motifs is 2. The van der Waals surface area contributed by atoms with Crippen LogP contribution in [0.25, 0.3) is 0 Å². The van der Waals surface area contributed by atoms with Gasteiger partial charge in [-0.15, -0.1) is 0 Å². The molecule has 0 saturated heterocycles. The molecule has 2 aromatic rings. The summed E-state index contributed by atoms with van der Waals surface area (Å²) in [6.07, 6.45) is 5.97. The molecule has 2 bridgehead atoms. The molecular formula is C24H29NO3. The van der Waals surface area contributed by atoms with Crippen molar-refractivity contribution < 1.29 is 14.3 Å². The molecule has 4 rings (SSSR count). The first-order chi connectivity index (χ1) is 13.7. The van der Waals surface area contributed by atoms with Crippen LogP contribution in [0.15, 0.2) is 48.5 Å². The Labute approximate surface area is 167 Å². The molecular weight excluding hydrogens is 350 g/mol. The highest BCUT2D eigenvalue weighted by Crippen LogP contribution is 2.49. The summed E-state index contributed by atoms with van der Waals surface area (Å²) in [5.74, 6) is 3.84. The van der Waals surface area contributed by atoms with Crippen LogP contribution in [-0.4, -0.2) is 13.0 Å². The summed E-state index contributed by atoms with van der Waals surface area (Å²) < 4.78 is 11.4. The van der Waals surface area contributed by atoms with Crippen LogP contribution in [0.4, 0.5) is 0 Å². The van der Waals surface area contributed by atoms with Crippen LogP contribution in [0.2, 0.25) is 0 Å². The van der Waals surface area contributed by atoms with Gasteiger partial charge < -0.3 is 14.8 Å². The van der Waals surface area contributed by atoms with E-state index in [1.165, 1.54) is 25.7 Å². The van der Waals surface area contributed by atoms with Crippen molar-refractivity contribution in [2.24, 2.45) is 17.8 Å². The second kappa shape index (κ2) is 8.68. The van der Waals surface area contributed by atoms with Crippen molar-refractivity contribution >= 4 is 5.91 Å². The quantitative estimate of drug-likeness (QED) is 0.722. The second-order valence-electron chi connectivity index (χ2n) is 8.18. The Hall–Kier alpha value is -2.49. The first kappa shape index (κ1) is 18.9. The van der Waals surface area contributed by atoms with Gasteiger partial charge in [0.2, 0.25) is 5.91 Å². The summed E-state index contributed by atoms with van der Waals surface area (Å²) in [5, 5.41) is 3.08. The van der Waals surface area contributed by atoms with Crippen LogP contribution in [0, 0.1) is 17.8 Å². The van der Waals surface area contributed by atoms with Gasteiger partial charge in [-0.3, -0.25) is 4.79 Å². The molecule has 28 heavy (non-hydrogen) atoms. The zero-order valence-electron chi connectivity index (χ0n) is 16.5. The van der Waals surface area contributed by atoms with E-state index in [2.05, 4.69) is 5.32 Å². The third kappa shape index (κ3) is 4.49. The Morgan fingerprint density at radius 1 is 1.04 bits per heavy atom. The van der Waals surface area contributed by atoms with E-state index in [1.54, 1.807) is 7.11 Å². The summed E-state index contributed by atoms with van der Waals surface area (Å²) in [5.41, 5.74) is 2.13. The number of methoxy groups -OCH3 is 1. The summed E-state index contributed by atoms with van der Waals surface area (Å²) in [6.45, 7) is 1.02. The fourth-order valence-corrected chi connectivity index (χ4v) is 4.81. The van der Waals surface area contributed by atoms with Crippen molar-refractivity contribution in [2.45, 2.75) is 45.3 Å². The molecule has 148 valence electrons. The second-order valence-corrected chi connectivity index (χ2v) is 8.18. The van der Waals surface area contributed by atoms with Crippen molar-refractivity contribution in [3.63, 3.8) is 0 Å². The van der Waals surface area contributed by atoms with E-state index in [0.717, 1.165) is 23.0 Å². The highest BCUT2D eigenvalue weighted by Gasteiger charge is 2.39. The zero-order chi connectivity index (χ0) is 19.3. The SMILES string of the molecule is COc1cc(CNC(=O)C[C@@H]2C[C@@H]3CC[C@@H]2C3)ccc1OCc1ccccc1. The Kier molecular flexibility index (Phi) is 5.84. The number of carbonyl (C=O) groups excluding carboxylic acids is 1.